The van der Waals surface area contributed by atoms with Crippen LogP contribution in [0, 0.1) is 0 Å². The molecule has 3 nitrogen and oxygen atoms in total. The molecule has 0 amide bonds. The molecule has 0 aliphatic carbocycles. The van der Waals surface area contributed by atoms with Crippen LogP contribution in [0.15, 0.2) is 78.9 Å². The Morgan fingerprint density at radius 2 is 1.25 bits per heavy atom. The van der Waals surface area contributed by atoms with Crippen molar-refractivity contribution >= 4 is 27.8 Å². The molecule has 0 saturated heterocycles. The van der Waals surface area contributed by atoms with Gasteiger partial charge in [0, 0.05) is 17.7 Å². The second-order valence-corrected chi connectivity index (χ2v) is 5.76. The average molecular weight is 314 g/mol. The zero-order chi connectivity index (χ0) is 16.5. The Morgan fingerprint density at radius 3 is 1.79 bits per heavy atom. The molecule has 0 spiro atoms. The van der Waals surface area contributed by atoms with Crippen molar-refractivity contribution in [3.8, 4) is 11.1 Å². The Labute approximate surface area is 139 Å². The van der Waals surface area contributed by atoms with Crippen LogP contribution in [-0.2, 0) is 11.3 Å². The highest BCUT2D eigenvalue weighted by molar-refractivity contribution is 6.07. The molecule has 3 heteroatoms. The van der Waals surface area contributed by atoms with Crippen LogP contribution in [0.4, 0.5) is 0 Å². The summed E-state index contributed by atoms with van der Waals surface area (Å²) in [6.45, 7) is -0.0594. The van der Waals surface area contributed by atoms with E-state index in [1.54, 1.807) is 0 Å². The largest absolute Gasteiger partial charge is 0.477 e. The lowest BCUT2D eigenvalue weighted by Gasteiger charge is -2.11. The first kappa shape index (κ1) is 14.4. The highest BCUT2D eigenvalue weighted by atomic mass is 16.4. The van der Waals surface area contributed by atoms with Crippen molar-refractivity contribution < 1.29 is 14.5 Å². The van der Waals surface area contributed by atoms with Gasteiger partial charge in [-0.15, -0.1) is 0 Å². The monoisotopic (exact) mass is 314 g/mol. The highest BCUT2D eigenvalue weighted by Gasteiger charge is 2.22. The molecule has 1 N–H and O–H groups in total. The molecule has 0 fully saturated rings. The molecule has 0 saturated carbocycles. The maximum Gasteiger partial charge on any atom is 0.370 e. The van der Waals surface area contributed by atoms with Crippen molar-refractivity contribution in [1.29, 1.82) is 0 Å². The lowest BCUT2D eigenvalue weighted by Crippen LogP contribution is -2.39. The third-order valence-corrected chi connectivity index (χ3v) is 4.28. The molecule has 0 radical (unpaired) electrons. The molecular weight excluding hydrogens is 298 g/mol. The number of hydrogen-bond donors (Lipinski definition) is 1. The average Bonchev–Trinajstić information content (AvgIpc) is 2.62. The van der Waals surface area contributed by atoms with E-state index in [9.17, 15) is 9.90 Å². The van der Waals surface area contributed by atoms with E-state index in [0.717, 1.165) is 32.9 Å². The van der Waals surface area contributed by atoms with E-state index in [-0.39, 0.29) is 6.54 Å². The number of pyridine rings is 1. The van der Waals surface area contributed by atoms with Gasteiger partial charge in [-0.1, -0.05) is 54.6 Å². The van der Waals surface area contributed by atoms with Gasteiger partial charge in [-0.3, -0.25) is 0 Å². The lowest BCUT2D eigenvalue weighted by atomic mass is 9.95. The number of carboxylic acid groups (broad SMARTS) is 1. The topological polar surface area (TPSA) is 41.2 Å². The van der Waals surface area contributed by atoms with Gasteiger partial charge in [-0.2, -0.15) is 4.57 Å². The minimum Gasteiger partial charge on any atom is -0.477 e. The van der Waals surface area contributed by atoms with Gasteiger partial charge in [0.15, 0.2) is 0 Å². The van der Waals surface area contributed by atoms with E-state index in [1.807, 2.05) is 59.2 Å². The molecule has 3 aromatic carbocycles. The number of aliphatic carboxylic acids is 1. The molecule has 24 heavy (non-hydrogen) atoms. The van der Waals surface area contributed by atoms with E-state index in [4.69, 9.17) is 0 Å². The summed E-state index contributed by atoms with van der Waals surface area (Å²) in [5, 5.41) is 11.5. The number of rotatable bonds is 3. The smallest absolute Gasteiger partial charge is 0.370 e. The van der Waals surface area contributed by atoms with Gasteiger partial charge in [0.25, 0.3) is 0 Å². The Morgan fingerprint density at radius 1 is 0.750 bits per heavy atom. The first-order valence-electron chi connectivity index (χ1n) is 7.86. The molecule has 1 heterocycles. The van der Waals surface area contributed by atoms with Gasteiger partial charge in [0.05, 0.1) is 10.8 Å². The van der Waals surface area contributed by atoms with Crippen LogP contribution in [0.2, 0.25) is 0 Å². The quantitative estimate of drug-likeness (QED) is 0.458. The number of carboxylic acids is 1. The zero-order valence-corrected chi connectivity index (χ0v) is 13.0. The Balaban J connectivity index is 2.21. The first-order valence-corrected chi connectivity index (χ1v) is 7.86. The number of benzene rings is 3. The van der Waals surface area contributed by atoms with Crippen molar-refractivity contribution in [3.63, 3.8) is 0 Å². The van der Waals surface area contributed by atoms with Crippen molar-refractivity contribution in [1.82, 2.24) is 0 Å². The number of aromatic nitrogens is 1. The molecule has 0 aliphatic rings. The zero-order valence-electron chi connectivity index (χ0n) is 13.0. The van der Waals surface area contributed by atoms with Crippen LogP contribution >= 0.6 is 0 Å². The normalized spacial score (nSPS) is 11.0. The van der Waals surface area contributed by atoms with Gasteiger partial charge < -0.3 is 5.11 Å². The van der Waals surface area contributed by atoms with Gasteiger partial charge in [0.2, 0.25) is 17.6 Å². The number of nitrogens with zero attached hydrogens (tertiary/aromatic N) is 1. The minimum atomic E-state index is -0.845. The van der Waals surface area contributed by atoms with Gasteiger partial charge in [0.1, 0.15) is 0 Å². The standard InChI is InChI=1S/C21H15NO2/c23-20(24)14-22-18-12-6-4-10-16(18)21(15-8-2-1-3-9-15)17-11-5-7-13-19(17)22/h1-13H,14H2/p+1. The molecule has 0 aliphatic heterocycles. The van der Waals surface area contributed by atoms with Crippen molar-refractivity contribution in [2.45, 2.75) is 6.54 Å². The lowest BCUT2D eigenvalue weighted by molar-refractivity contribution is -0.633. The van der Waals surface area contributed by atoms with Gasteiger partial charge in [-0.05, 0) is 17.7 Å². The number of hydrogen-bond acceptors (Lipinski definition) is 1. The van der Waals surface area contributed by atoms with Crippen LogP contribution < -0.4 is 4.57 Å². The Hall–Kier alpha value is -3.20. The SMILES string of the molecule is O=C(O)C[n+]1c2ccccc2c(-c2ccccc2)c2ccccc21. The summed E-state index contributed by atoms with van der Waals surface area (Å²) in [4.78, 5) is 11.4. The fourth-order valence-corrected chi connectivity index (χ4v) is 3.34. The third-order valence-electron chi connectivity index (χ3n) is 4.28. The van der Waals surface area contributed by atoms with E-state index in [2.05, 4.69) is 24.3 Å². The van der Waals surface area contributed by atoms with Crippen LogP contribution in [-0.4, -0.2) is 11.1 Å². The molecule has 4 rings (SSSR count). The second-order valence-electron chi connectivity index (χ2n) is 5.76. The van der Waals surface area contributed by atoms with Crippen LogP contribution in [0.25, 0.3) is 32.9 Å². The fraction of sp³-hybridized carbons (Fsp3) is 0.0476. The predicted octanol–water partition coefficient (Wildman–Crippen LogP) is 4.03. The van der Waals surface area contributed by atoms with E-state index in [0.29, 0.717) is 0 Å². The van der Waals surface area contributed by atoms with Crippen molar-refractivity contribution in [3.05, 3.63) is 78.9 Å². The summed E-state index contributed by atoms with van der Waals surface area (Å²) in [6.07, 6.45) is 0. The summed E-state index contributed by atoms with van der Waals surface area (Å²) in [6, 6.07) is 26.2. The maximum absolute atomic E-state index is 11.4. The second kappa shape index (κ2) is 5.78. The molecule has 4 aromatic rings. The number of para-hydroxylation sites is 2. The molecule has 0 bridgehead atoms. The van der Waals surface area contributed by atoms with Gasteiger partial charge >= 0.3 is 5.97 Å². The predicted molar refractivity (Wildman–Crippen MR) is 94.7 cm³/mol. The molecule has 116 valence electrons. The summed E-state index contributed by atoms with van der Waals surface area (Å²) in [5.41, 5.74) is 4.13. The Bertz CT molecular complexity index is 998. The minimum absolute atomic E-state index is 0.0594. The molecular formula is C21H16NO2+. The third kappa shape index (κ3) is 2.31. The molecule has 0 unspecified atom stereocenters. The fourth-order valence-electron chi connectivity index (χ4n) is 3.34. The molecule has 0 atom stereocenters. The summed E-state index contributed by atoms with van der Waals surface area (Å²) >= 11 is 0. The highest BCUT2D eigenvalue weighted by Crippen LogP contribution is 2.33. The first-order chi connectivity index (χ1) is 11.8. The summed E-state index contributed by atoms with van der Waals surface area (Å²) in [5.74, 6) is -0.845. The summed E-state index contributed by atoms with van der Waals surface area (Å²) in [7, 11) is 0. The van der Waals surface area contributed by atoms with Crippen LogP contribution in [0.3, 0.4) is 0 Å². The molecule has 1 aromatic heterocycles. The van der Waals surface area contributed by atoms with Crippen LogP contribution in [0.5, 0.6) is 0 Å². The van der Waals surface area contributed by atoms with E-state index in [1.165, 1.54) is 0 Å². The van der Waals surface area contributed by atoms with Crippen LogP contribution in [0.1, 0.15) is 0 Å². The number of carbonyl (C=O) groups is 1. The Kier molecular flexibility index (Phi) is 3.47. The van der Waals surface area contributed by atoms with E-state index < -0.39 is 5.97 Å². The number of fused-ring (bicyclic) bond motifs is 2. The van der Waals surface area contributed by atoms with E-state index >= 15 is 0 Å². The van der Waals surface area contributed by atoms with Gasteiger partial charge in [-0.25, -0.2) is 4.79 Å². The maximum atomic E-state index is 11.4. The van der Waals surface area contributed by atoms with Crippen molar-refractivity contribution in [2.24, 2.45) is 0 Å². The van der Waals surface area contributed by atoms with Crippen molar-refractivity contribution in [2.75, 3.05) is 0 Å². The summed E-state index contributed by atoms with van der Waals surface area (Å²) < 4.78 is 1.87.